The molecule has 0 aliphatic carbocycles. The van der Waals surface area contributed by atoms with Crippen LogP contribution < -0.4 is 0 Å². The lowest BCUT2D eigenvalue weighted by Crippen LogP contribution is -2.34. The van der Waals surface area contributed by atoms with E-state index in [9.17, 15) is 0 Å². The summed E-state index contributed by atoms with van der Waals surface area (Å²) in [5, 5.41) is 8.57. The minimum atomic E-state index is 0.444. The zero-order chi connectivity index (χ0) is 13.6. The maximum Gasteiger partial charge on any atom is 0.0701 e. The maximum atomic E-state index is 8.57. The molecule has 0 amide bonds. The van der Waals surface area contributed by atoms with E-state index in [4.69, 9.17) is 19.5 Å². The van der Waals surface area contributed by atoms with Gasteiger partial charge in [-0.05, 0) is 13.8 Å². The molecule has 0 saturated heterocycles. The molecule has 0 rings (SSSR count). The molecule has 5 nitrogen and oxygen atoms in total. The molecule has 0 fully saturated rings. The number of ether oxygens (including phenoxy) is 3. The lowest BCUT2D eigenvalue weighted by molar-refractivity contribution is 0.0177. The van der Waals surface area contributed by atoms with Gasteiger partial charge in [0.15, 0.2) is 0 Å². The molecule has 0 aliphatic rings. The standard InChI is InChI=1S/C13H26N2O3/c1-13(2)15(6-4-5-14)7-8-17-11-12-18-10-9-16-3/h13H,4,6-12H2,1-3H3. The Morgan fingerprint density at radius 1 is 1.00 bits per heavy atom. The Kier molecular flexibility index (Phi) is 12.3. The summed E-state index contributed by atoms with van der Waals surface area (Å²) in [6, 6.07) is 2.61. The summed E-state index contributed by atoms with van der Waals surface area (Å²) in [6.45, 7) is 9.04. The zero-order valence-corrected chi connectivity index (χ0v) is 11.9. The first-order valence-corrected chi connectivity index (χ1v) is 6.47. The summed E-state index contributed by atoms with van der Waals surface area (Å²) >= 11 is 0. The van der Waals surface area contributed by atoms with E-state index in [1.165, 1.54) is 0 Å². The number of nitrogens with zero attached hydrogens (tertiary/aromatic N) is 2. The van der Waals surface area contributed by atoms with E-state index in [0.29, 0.717) is 45.5 Å². The van der Waals surface area contributed by atoms with Gasteiger partial charge in [-0.1, -0.05) is 0 Å². The number of rotatable bonds is 12. The molecule has 106 valence electrons. The molecule has 0 saturated carbocycles. The van der Waals surface area contributed by atoms with Crippen LogP contribution in [-0.4, -0.2) is 64.2 Å². The van der Waals surface area contributed by atoms with Crippen LogP contribution >= 0.6 is 0 Å². The van der Waals surface area contributed by atoms with Crippen molar-refractivity contribution in [3.8, 4) is 6.07 Å². The average Bonchev–Trinajstić information content (AvgIpc) is 2.35. The van der Waals surface area contributed by atoms with Crippen molar-refractivity contribution in [2.45, 2.75) is 26.3 Å². The van der Waals surface area contributed by atoms with E-state index in [2.05, 4.69) is 24.8 Å². The van der Waals surface area contributed by atoms with Gasteiger partial charge in [-0.25, -0.2) is 0 Å². The van der Waals surface area contributed by atoms with Crippen LogP contribution in [0.2, 0.25) is 0 Å². The van der Waals surface area contributed by atoms with Crippen molar-refractivity contribution < 1.29 is 14.2 Å². The first-order valence-electron chi connectivity index (χ1n) is 6.47. The number of hydrogen-bond acceptors (Lipinski definition) is 5. The summed E-state index contributed by atoms with van der Waals surface area (Å²) in [6.07, 6.45) is 0.568. The van der Waals surface area contributed by atoms with Crippen LogP contribution in [0.3, 0.4) is 0 Å². The molecular weight excluding hydrogens is 232 g/mol. The van der Waals surface area contributed by atoms with Gasteiger partial charge < -0.3 is 14.2 Å². The van der Waals surface area contributed by atoms with E-state index in [1.54, 1.807) is 7.11 Å². The van der Waals surface area contributed by atoms with Crippen molar-refractivity contribution in [1.29, 1.82) is 5.26 Å². The Morgan fingerprint density at radius 2 is 1.61 bits per heavy atom. The fourth-order valence-electron chi connectivity index (χ4n) is 1.47. The highest BCUT2D eigenvalue weighted by molar-refractivity contribution is 4.73. The van der Waals surface area contributed by atoms with Crippen LogP contribution in [0.4, 0.5) is 0 Å². The zero-order valence-electron chi connectivity index (χ0n) is 11.9. The fourth-order valence-corrected chi connectivity index (χ4v) is 1.47. The van der Waals surface area contributed by atoms with Crippen molar-refractivity contribution in [1.82, 2.24) is 4.90 Å². The molecule has 0 aliphatic heterocycles. The monoisotopic (exact) mass is 258 g/mol. The number of methoxy groups -OCH3 is 1. The summed E-state index contributed by atoms with van der Waals surface area (Å²) in [5.41, 5.74) is 0. The molecule has 0 spiro atoms. The predicted octanol–water partition coefficient (Wildman–Crippen LogP) is 1.29. The van der Waals surface area contributed by atoms with Crippen molar-refractivity contribution in [3.63, 3.8) is 0 Å². The molecular formula is C13H26N2O3. The quantitative estimate of drug-likeness (QED) is 0.494. The SMILES string of the molecule is COCCOCCOCCN(CCC#N)C(C)C. The van der Waals surface area contributed by atoms with E-state index in [-0.39, 0.29) is 0 Å². The van der Waals surface area contributed by atoms with Crippen LogP contribution in [0.1, 0.15) is 20.3 Å². The Hall–Kier alpha value is -0.670. The van der Waals surface area contributed by atoms with Gasteiger partial charge in [-0.3, -0.25) is 4.90 Å². The molecule has 0 unspecified atom stereocenters. The minimum absolute atomic E-state index is 0.444. The molecule has 0 aromatic rings. The van der Waals surface area contributed by atoms with E-state index in [1.807, 2.05) is 0 Å². The van der Waals surface area contributed by atoms with Crippen LogP contribution in [0.25, 0.3) is 0 Å². The molecule has 0 bridgehead atoms. The average molecular weight is 258 g/mol. The molecule has 5 heteroatoms. The van der Waals surface area contributed by atoms with E-state index >= 15 is 0 Å². The van der Waals surface area contributed by atoms with Crippen LogP contribution in [0.5, 0.6) is 0 Å². The smallest absolute Gasteiger partial charge is 0.0701 e. The highest BCUT2D eigenvalue weighted by Gasteiger charge is 2.08. The predicted molar refractivity (Wildman–Crippen MR) is 70.5 cm³/mol. The Balaban J connectivity index is 3.41. The summed E-state index contributed by atoms with van der Waals surface area (Å²) in [4.78, 5) is 2.25. The van der Waals surface area contributed by atoms with Crippen molar-refractivity contribution in [2.75, 3.05) is 53.2 Å². The normalized spacial score (nSPS) is 11.1. The number of nitriles is 1. The molecule has 18 heavy (non-hydrogen) atoms. The molecule has 0 atom stereocenters. The Bertz CT molecular complexity index is 217. The van der Waals surface area contributed by atoms with Gasteiger partial charge in [0, 0.05) is 32.7 Å². The molecule has 0 heterocycles. The Morgan fingerprint density at radius 3 is 2.17 bits per heavy atom. The highest BCUT2D eigenvalue weighted by Crippen LogP contribution is 1.99. The second kappa shape index (κ2) is 12.8. The maximum absolute atomic E-state index is 8.57. The summed E-state index contributed by atoms with van der Waals surface area (Å²) in [5.74, 6) is 0. The van der Waals surface area contributed by atoms with E-state index in [0.717, 1.165) is 13.1 Å². The molecule has 0 radical (unpaired) electrons. The van der Waals surface area contributed by atoms with Gasteiger partial charge in [-0.2, -0.15) is 5.26 Å². The largest absolute Gasteiger partial charge is 0.382 e. The molecule has 0 aromatic carbocycles. The lowest BCUT2D eigenvalue weighted by Gasteiger charge is -2.25. The van der Waals surface area contributed by atoms with E-state index < -0.39 is 0 Å². The first-order chi connectivity index (χ1) is 8.72. The summed E-state index contributed by atoms with van der Waals surface area (Å²) < 4.78 is 15.6. The first kappa shape index (κ1) is 17.3. The third kappa shape index (κ3) is 10.5. The molecule has 0 aromatic heterocycles. The Labute approximate surface area is 111 Å². The summed E-state index contributed by atoms with van der Waals surface area (Å²) in [7, 11) is 1.65. The van der Waals surface area contributed by atoms with Crippen LogP contribution in [0, 0.1) is 11.3 Å². The second-order valence-electron chi connectivity index (χ2n) is 4.26. The topological polar surface area (TPSA) is 54.7 Å². The van der Waals surface area contributed by atoms with Gasteiger partial charge in [-0.15, -0.1) is 0 Å². The van der Waals surface area contributed by atoms with Crippen molar-refractivity contribution in [2.24, 2.45) is 0 Å². The van der Waals surface area contributed by atoms with Gasteiger partial charge >= 0.3 is 0 Å². The van der Waals surface area contributed by atoms with Gasteiger partial charge in [0.1, 0.15) is 0 Å². The van der Waals surface area contributed by atoms with Gasteiger partial charge in [0.05, 0.1) is 39.1 Å². The molecule has 0 N–H and O–H groups in total. The van der Waals surface area contributed by atoms with Gasteiger partial charge in [0.2, 0.25) is 0 Å². The second-order valence-corrected chi connectivity index (χ2v) is 4.26. The third-order valence-corrected chi connectivity index (χ3v) is 2.57. The van der Waals surface area contributed by atoms with Gasteiger partial charge in [0.25, 0.3) is 0 Å². The number of hydrogen-bond donors (Lipinski definition) is 0. The van der Waals surface area contributed by atoms with Crippen molar-refractivity contribution >= 4 is 0 Å². The van der Waals surface area contributed by atoms with Crippen molar-refractivity contribution in [3.05, 3.63) is 0 Å². The van der Waals surface area contributed by atoms with Crippen LogP contribution in [-0.2, 0) is 14.2 Å². The third-order valence-electron chi connectivity index (χ3n) is 2.57. The highest BCUT2D eigenvalue weighted by atomic mass is 16.5. The lowest BCUT2D eigenvalue weighted by atomic mass is 10.3. The minimum Gasteiger partial charge on any atom is -0.382 e. The van der Waals surface area contributed by atoms with Crippen LogP contribution in [0.15, 0.2) is 0 Å². The fraction of sp³-hybridized carbons (Fsp3) is 0.923.